The minimum atomic E-state index is -0.407. The second-order valence-electron chi connectivity index (χ2n) is 4.98. The second kappa shape index (κ2) is 6.63. The molecular weight excluding hydrogens is 245 g/mol. The molecule has 1 atom stereocenters. The van der Waals surface area contributed by atoms with E-state index in [2.05, 4.69) is 10.2 Å². The lowest BCUT2D eigenvalue weighted by molar-refractivity contribution is -0.116. The number of nitrogens with zero attached hydrogens (tertiary/aromatic N) is 1. The van der Waals surface area contributed by atoms with Crippen LogP contribution in [-0.4, -0.2) is 36.5 Å². The van der Waals surface area contributed by atoms with Crippen molar-refractivity contribution in [1.29, 1.82) is 0 Å². The van der Waals surface area contributed by atoms with Gasteiger partial charge in [0.05, 0.1) is 5.69 Å². The van der Waals surface area contributed by atoms with Gasteiger partial charge in [0.2, 0.25) is 5.91 Å². The Hall–Kier alpha value is -1.46. The molecule has 2 rings (SSSR count). The van der Waals surface area contributed by atoms with Crippen molar-refractivity contribution >= 4 is 11.6 Å². The van der Waals surface area contributed by atoms with Gasteiger partial charge in [-0.25, -0.2) is 4.39 Å². The molecule has 19 heavy (non-hydrogen) atoms. The molecule has 1 aromatic rings. The zero-order chi connectivity index (χ0) is 13.7. The van der Waals surface area contributed by atoms with Gasteiger partial charge in [-0.1, -0.05) is 12.1 Å². The van der Waals surface area contributed by atoms with Gasteiger partial charge in [-0.2, -0.15) is 0 Å². The summed E-state index contributed by atoms with van der Waals surface area (Å²) in [5, 5.41) is 2.59. The molecule has 4 nitrogen and oxygen atoms in total. The lowest BCUT2D eigenvalue weighted by Crippen LogP contribution is -2.43. The lowest BCUT2D eigenvalue weighted by atomic mass is 10.1. The molecule has 1 saturated heterocycles. The van der Waals surface area contributed by atoms with Crippen molar-refractivity contribution in [3.05, 3.63) is 30.1 Å². The zero-order valence-corrected chi connectivity index (χ0v) is 10.9. The minimum Gasteiger partial charge on any atom is -0.327 e. The topological polar surface area (TPSA) is 58.4 Å². The van der Waals surface area contributed by atoms with Crippen LogP contribution >= 0.6 is 0 Å². The minimum absolute atomic E-state index is 0.163. The number of hydrogen-bond acceptors (Lipinski definition) is 3. The van der Waals surface area contributed by atoms with Crippen LogP contribution in [0.1, 0.15) is 19.3 Å². The Balaban J connectivity index is 1.77. The number of hydrogen-bond donors (Lipinski definition) is 2. The van der Waals surface area contributed by atoms with E-state index in [1.165, 1.54) is 6.07 Å². The van der Waals surface area contributed by atoms with Crippen LogP contribution in [0.15, 0.2) is 24.3 Å². The Labute approximate surface area is 112 Å². The van der Waals surface area contributed by atoms with Crippen LogP contribution in [0.2, 0.25) is 0 Å². The third kappa shape index (κ3) is 4.29. The van der Waals surface area contributed by atoms with E-state index in [1.54, 1.807) is 18.2 Å². The zero-order valence-electron chi connectivity index (χ0n) is 10.9. The van der Waals surface area contributed by atoms with Crippen LogP contribution in [-0.2, 0) is 4.79 Å². The summed E-state index contributed by atoms with van der Waals surface area (Å²) in [7, 11) is 0. The van der Waals surface area contributed by atoms with E-state index in [0.29, 0.717) is 13.0 Å². The van der Waals surface area contributed by atoms with Crippen molar-refractivity contribution in [2.45, 2.75) is 25.3 Å². The van der Waals surface area contributed by atoms with Crippen molar-refractivity contribution < 1.29 is 9.18 Å². The molecule has 3 N–H and O–H groups in total. The standard InChI is InChI=1S/C14H20FN3O/c15-12-5-1-2-6-13(12)17-14(19)7-9-18-8-3-4-11(16)10-18/h1-2,5-6,11H,3-4,7-10,16H2,(H,17,19)/t11-/m1/s1. The van der Waals surface area contributed by atoms with Crippen molar-refractivity contribution in [1.82, 2.24) is 4.90 Å². The Morgan fingerprint density at radius 3 is 3.00 bits per heavy atom. The van der Waals surface area contributed by atoms with E-state index in [1.807, 2.05) is 0 Å². The average molecular weight is 265 g/mol. The molecule has 1 aliphatic rings. The fourth-order valence-corrected chi connectivity index (χ4v) is 2.33. The van der Waals surface area contributed by atoms with Gasteiger partial charge in [-0.3, -0.25) is 4.79 Å². The number of likely N-dealkylation sites (tertiary alicyclic amines) is 1. The molecule has 0 radical (unpaired) electrons. The largest absolute Gasteiger partial charge is 0.327 e. The summed E-state index contributed by atoms with van der Waals surface area (Å²) in [5.41, 5.74) is 6.12. The fraction of sp³-hybridized carbons (Fsp3) is 0.500. The predicted molar refractivity (Wildman–Crippen MR) is 73.3 cm³/mol. The lowest BCUT2D eigenvalue weighted by Gasteiger charge is -2.30. The van der Waals surface area contributed by atoms with Crippen LogP contribution in [0.5, 0.6) is 0 Å². The number of anilines is 1. The molecule has 0 spiro atoms. The Kier molecular flexibility index (Phi) is 4.87. The highest BCUT2D eigenvalue weighted by atomic mass is 19.1. The molecule has 0 unspecified atom stereocenters. The average Bonchev–Trinajstić information content (AvgIpc) is 2.39. The van der Waals surface area contributed by atoms with Crippen LogP contribution in [0.4, 0.5) is 10.1 Å². The summed E-state index contributed by atoms with van der Waals surface area (Å²) in [6, 6.07) is 6.40. The normalized spacial score (nSPS) is 20.2. The van der Waals surface area contributed by atoms with Gasteiger partial charge in [0.15, 0.2) is 0 Å². The second-order valence-corrected chi connectivity index (χ2v) is 4.98. The maximum absolute atomic E-state index is 13.4. The number of amides is 1. The third-order valence-electron chi connectivity index (χ3n) is 3.35. The molecule has 5 heteroatoms. The van der Waals surface area contributed by atoms with E-state index in [9.17, 15) is 9.18 Å². The number of nitrogens with two attached hydrogens (primary N) is 1. The smallest absolute Gasteiger partial charge is 0.225 e. The van der Waals surface area contributed by atoms with E-state index >= 15 is 0 Å². The van der Waals surface area contributed by atoms with E-state index in [0.717, 1.165) is 25.9 Å². The summed E-state index contributed by atoms with van der Waals surface area (Å²) in [4.78, 5) is 13.9. The SMILES string of the molecule is N[C@@H]1CCCN(CCC(=O)Nc2ccccc2F)C1. The molecule has 1 aliphatic heterocycles. The van der Waals surface area contributed by atoms with Gasteiger partial charge in [-0.15, -0.1) is 0 Å². The fourth-order valence-electron chi connectivity index (χ4n) is 2.33. The molecule has 0 saturated carbocycles. The molecule has 1 fully saturated rings. The van der Waals surface area contributed by atoms with Crippen LogP contribution in [0.3, 0.4) is 0 Å². The van der Waals surface area contributed by atoms with Crippen LogP contribution < -0.4 is 11.1 Å². The summed E-state index contributed by atoms with van der Waals surface area (Å²) in [6.45, 7) is 2.50. The monoisotopic (exact) mass is 265 g/mol. The van der Waals surface area contributed by atoms with Crippen LogP contribution in [0.25, 0.3) is 0 Å². The Morgan fingerprint density at radius 2 is 2.26 bits per heavy atom. The van der Waals surface area contributed by atoms with Gasteiger partial charge in [0.25, 0.3) is 0 Å². The van der Waals surface area contributed by atoms with Gasteiger partial charge in [0, 0.05) is 25.6 Å². The molecule has 0 aromatic heterocycles. The van der Waals surface area contributed by atoms with Crippen molar-refractivity contribution in [3.63, 3.8) is 0 Å². The highest BCUT2D eigenvalue weighted by Crippen LogP contribution is 2.13. The van der Waals surface area contributed by atoms with E-state index in [4.69, 9.17) is 5.73 Å². The van der Waals surface area contributed by atoms with Crippen LogP contribution in [0, 0.1) is 5.82 Å². The molecule has 1 amide bonds. The number of carbonyl (C=O) groups excluding carboxylic acids is 1. The maximum atomic E-state index is 13.4. The first-order valence-electron chi connectivity index (χ1n) is 6.67. The number of piperidine rings is 1. The first kappa shape index (κ1) is 14.0. The highest BCUT2D eigenvalue weighted by molar-refractivity contribution is 5.90. The number of rotatable bonds is 4. The van der Waals surface area contributed by atoms with Crippen molar-refractivity contribution in [2.75, 3.05) is 25.0 Å². The van der Waals surface area contributed by atoms with E-state index in [-0.39, 0.29) is 17.6 Å². The molecule has 0 aliphatic carbocycles. The van der Waals surface area contributed by atoms with Gasteiger partial charge in [-0.05, 0) is 31.5 Å². The summed E-state index contributed by atoms with van der Waals surface area (Å²) >= 11 is 0. The summed E-state index contributed by atoms with van der Waals surface area (Å²) < 4.78 is 13.4. The molecule has 1 heterocycles. The third-order valence-corrected chi connectivity index (χ3v) is 3.35. The Morgan fingerprint density at radius 1 is 1.47 bits per heavy atom. The van der Waals surface area contributed by atoms with Gasteiger partial charge in [0.1, 0.15) is 5.82 Å². The number of nitrogens with one attached hydrogen (secondary N) is 1. The van der Waals surface area contributed by atoms with E-state index < -0.39 is 5.82 Å². The first-order valence-corrected chi connectivity index (χ1v) is 6.67. The highest BCUT2D eigenvalue weighted by Gasteiger charge is 2.17. The summed E-state index contributed by atoms with van der Waals surface area (Å²) in [6.07, 6.45) is 2.50. The molecule has 1 aromatic carbocycles. The Bertz CT molecular complexity index is 438. The predicted octanol–water partition coefficient (Wildman–Crippen LogP) is 1.58. The molecular formula is C14H20FN3O. The first-order chi connectivity index (χ1) is 9.15. The van der Waals surface area contributed by atoms with Gasteiger partial charge < -0.3 is 16.0 Å². The van der Waals surface area contributed by atoms with Gasteiger partial charge >= 0.3 is 0 Å². The number of benzene rings is 1. The summed E-state index contributed by atoms with van der Waals surface area (Å²) in [5.74, 6) is -0.569. The number of para-hydroxylation sites is 1. The number of halogens is 1. The quantitative estimate of drug-likeness (QED) is 0.869. The van der Waals surface area contributed by atoms with Crippen molar-refractivity contribution in [3.8, 4) is 0 Å². The van der Waals surface area contributed by atoms with Crippen molar-refractivity contribution in [2.24, 2.45) is 5.73 Å². The molecule has 104 valence electrons. The maximum Gasteiger partial charge on any atom is 0.225 e. The molecule has 0 bridgehead atoms. The number of carbonyl (C=O) groups is 1.